The van der Waals surface area contributed by atoms with Crippen LogP contribution in [0, 0.1) is 5.92 Å². The van der Waals surface area contributed by atoms with Crippen molar-refractivity contribution in [3.8, 4) is 0 Å². The van der Waals surface area contributed by atoms with Gasteiger partial charge in [-0.3, -0.25) is 0 Å². The zero-order valence-electron chi connectivity index (χ0n) is 9.98. The molecule has 0 saturated carbocycles. The van der Waals surface area contributed by atoms with Crippen molar-refractivity contribution in [3.05, 3.63) is 0 Å². The monoisotopic (exact) mass is 219 g/mol. The van der Waals surface area contributed by atoms with Gasteiger partial charge in [0.2, 0.25) is 0 Å². The van der Waals surface area contributed by atoms with Crippen molar-refractivity contribution in [2.45, 2.75) is 58.9 Å². The maximum Gasteiger partial charge on any atom is 0.0226 e. The lowest BCUT2D eigenvalue weighted by Crippen LogP contribution is -2.32. The highest BCUT2D eigenvalue weighted by atomic mass is 35.5. The van der Waals surface area contributed by atoms with E-state index < -0.39 is 0 Å². The molecule has 0 spiro atoms. The zero-order valence-corrected chi connectivity index (χ0v) is 10.7. The average molecular weight is 220 g/mol. The molecule has 0 aliphatic heterocycles. The van der Waals surface area contributed by atoms with E-state index in [0.29, 0.717) is 6.04 Å². The molecule has 0 aliphatic carbocycles. The summed E-state index contributed by atoms with van der Waals surface area (Å²) >= 11 is 5.79. The smallest absolute Gasteiger partial charge is 0.0226 e. The fourth-order valence-corrected chi connectivity index (χ4v) is 2.13. The van der Waals surface area contributed by atoms with Crippen LogP contribution in [0.4, 0.5) is 0 Å². The average Bonchev–Trinajstić information content (AvgIpc) is 2.20. The van der Waals surface area contributed by atoms with E-state index in [1.165, 1.54) is 25.7 Å². The van der Waals surface area contributed by atoms with Gasteiger partial charge in [-0.1, -0.05) is 27.2 Å². The third-order valence-electron chi connectivity index (χ3n) is 2.90. The third-order valence-corrected chi connectivity index (χ3v) is 3.11. The van der Waals surface area contributed by atoms with Gasteiger partial charge in [0.05, 0.1) is 0 Å². The van der Waals surface area contributed by atoms with Gasteiger partial charge in [0.1, 0.15) is 0 Å². The van der Waals surface area contributed by atoms with Gasteiger partial charge in [-0.05, 0) is 38.1 Å². The van der Waals surface area contributed by atoms with Crippen molar-refractivity contribution in [2.24, 2.45) is 5.92 Å². The van der Waals surface area contributed by atoms with Gasteiger partial charge in [-0.2, -0.15) is 0 Å². The van der Waals surface area contributed by atoms with Gasteiger partial charge in [-0.25, -0.2) is 0 Å². The Bertz CT molecular complexity index is 107. The van der Waals surface area contributed by atoms with Crippen LogP contribution in [0.1, 0.15) is 52.9 Å². The Morgan fingerprint density at radius 3 is 2.14 bits per heavy atom. The Balaban J connectivity index is 3.67. The number of halogens is 1. The molecule has 0 amide bonds. The molecule has 0 rings (SSSR count). The summed E-state index contributed by atoms with van der Waals surface area (Å²) in [6.45, 7) is 7.89. The van der Waals surface area contributed by atoms with E-state index in [0.717, 1.165) is 24.8 Å². The molecule has 0 aliphatic rings. The minimum Gasteiger partial charge on any atom is -0.314 e. The van der Waals surface area contributed by atoms with Crippen LogP contribution in [0.5, 0.6) is 0 Å². The molecule has 0 fully saturated rings. The lowest BCUT2D eigenvalue weighted by Gasteiger charge is -2.20. The van der Waals surface area contributed by atoms with Gasteiger partial charge >= 0.3 is 0 Å². The Morgan fingerprint density at radius 1 is 1.07 bits per heavy atom. The third kappa shape index (κ3) is 6.67. The largest absolute Gasteiger partial charge is 0.314 e. The van der Waals surface area contributed by atoms with E-state index in [-0.39, 0.29) is 0 Å². The minimum atomic E-state index is 0.699. The first-order valence-corrected chi connectivity index (χ1v) is 6.61. The van der Waals surface area contributed by atoms with Crippen molar-refractivity contribution < 1.29 is 0 Å². The standard InChI is InChI=1S/C12H26ClN/c1-4-7-11(8-9-13)10-14-12(5-2)6-3/h11-12,14H,4-10H2,1-3H3. The van der Waals surface area contributed by atoms with Gasteiger partial charge in [0.25, 0.3) is 0 Å². The van der Waals surface area contributed by atoms with Crippen LogP contribution in [0.2, 0.25) is 0 Å². The molecule has 14 heavy (non-hydrogen) atoms. The van der Waals surface area contributed by atoms with Crippen LogP contribution >= 0.6 is 11.6 Å². The summed E-state index contributed by atoms with van der Waals surface area (Å²) in [5.74, 6) is 1.58. The van der Waals surface area contributed by atoms with Crippen molar-refractivity contribution in [3.63, 3.8) is 0 Å². The van der Waals surface area contributed by atoms with Crippen molar-refractivity contribution in [1.82, 2.24) is 5.32 Å². The van der Waals surface area contributed by atoms with E-state index in [1.54, 1.807) is 0 Å². The SMILES string of the molecule is CCCC(CCCl)CNC(CC)CC. The van der Waals surface area contributed by atoms with Gasteiger partial charge in [-0.15, -0.1) is 11.6 Å². The molecule has 86 valence electrons. The second kappa shape index (κ2) is 9.79. The second-order valence-corrected chi connectivity index (χ2v) is 4.43. The zero-order chi connectivity index (χ0) is 10.8. The molecular formula is C12H26ClN. The Morgan fingerprint density at radius 2 is 1.71 bits per heavy atom. The quantitative estimate of drug-likeness (QED) is 0.582. The van der Waals surface area contributed by atoms with Crippen LogP contribution in [0.3, 0.4) is 0 Å². The van der Waals surface area contributed by atoms with Crippen LogP contribution in [0.15, 0.2) is 0 Å². The number of nitrogens with one attached hydrogen (secondary N) is 1. The molecule has 0 saturated heterocycles. The first kappa shape index (κ1) is 14.2. The Kier molecular flexibility index (Phi) is 9.97. The molecule has 0 aromatic rings. The van der Waals surface area contributed by atoms with Crippen LogP contribution in [-0.4, -0.2) is 18.5 Å². The first-order chi connectivity index (χ1) is 6.78. The van der Waals surface area contributed by atoms with Crippen molar-refractivity contribution >= 4 is 11.6 Å². The number of alkyl halides is 1. The van der Waals surface area contributed by atoms with E-state index in [2.05, 4.69) is 26.1 Å². The fraction of sp³-hybridized carbons (Fsp3) is 1.00. The summed E-state index contributed by atoms with van der Waals surface area (Å²) in [4.78, 5) is 0. The van der Waals surface area contributed by atoms with Gasteiger partial charge in [0.15, 0.2) is 0 Å². The highest BCUT2D eigenvalue weighted by Gasteiger charge is 2.09. The van der Waals surface area contributed by atoms with Gasteiger partial charge in [0, 0.05) is 11.9 Å². The Hall–Kier alpha value is 0.250. The molecule has 0 aromatic heterocycles. The maximum absolute atomic E-state index is 5.79. The molecule has 0 radical (unpaired) electrons. The predicted octanol–water partition coefficient (Wildman–Crippen LogP) is 3.81. The molecule has 1 unspecified atom stereocenters. The van der Waals surface area contributed by atoms with E-state index in [9.17, 15) is 0 Å². The van der Waals surface area contributed by atoms with Crippen LogP contribution in [0.25, 0.3) is 0 Å². The number of hydrogen-bond donors (Lipinski definition) is 1. The highest BCUT2D eigenvalue weighted by Crippen LogP contribution is 2.11. The second-order valence-electron chi connectivity index (χ2n) is 4.05. The molecule has 1 nitrogen and oxygen atoms in total. The fourth-order valence-electron chi connectivity index (χ4n) is 1.82. The van der Waals surface area contributed by atoms with Crippen LogP contribution in [-0.2, 0) is 0 Å². The molecule has 0 bridgehead atoms. The van der Waals surface area contributed by atoms with Crippen LogP contribution < -0.4 is 5.32 Å². The maximum atomic E-state index is 5.79. The van der Waals surface area contributed by atoms with Crippen molar-refractivity contribution in [1.29, 1.82) is 0 Å². The number of rotatable bonds is 9. The summed E-state index contributed by atoms with van der Waals surface area (Å²) in [5.41, 5.74) is 0. The summed E-state index contributed by atoms with van der Waals surface area (Å²) in [5, 5.41) is 3.63. The summed E-state index contributed by atoms with van der Waals surface area (Å²) < 4.78 is 0. The molecular weight excluding hydrogens is 194 g/mol. The lowest BCUT2D eigenvalue weighted by molar-refractivity contribution is 0.384. The number of hydrogen-bond acceptors (Lipinski definition) is 1. The topological polar surface area (TPSA) is 12.0 Å². The summed E-state index contributed by atoms with van der Waals surface area (Å²) in [6, 6.07) is 0.699. The molecule has 1 atom stereocenters. The highest BCUT2D eigenvalue weighted by molar-refractivity contribution is 6.17. The van der Waals surface area contributed by atoms with E-state index in [1.807, 2.05) is 0 Å². The molecule has 2 heteroatoms. The Labute approximate surface area is 94.6 Å². The summed E-state index contributed by atoms with van der Waals surface area (Å²) in [7, 11) is 0. The molecule has 0 heterocycles. The normalized spacial score (nSPS) is 13.5. The molecule has 1 N–H and O–H groups in total. The lowest BCUT2D eigenvalue weighted by atomic mass is 10.00. The van der Waals surface area contributed by atoms with E-state index >= 15 is 0 Å². The summed E-state index contributed by atoms with van der Waals surface area (Å²) in [6.07, 6.45) is 6.20. The predicted molar refractivity (Wildman–Crippen MR) is 66.1 cm³/mol. The molecule has 0 aromatic carbocycles. The minimum absolute atomic E-state index is 0.699. The first-order valence-electron chi connectivity index (χ1n) is 6.07. The van der Waals surface area contributed by atoms with Gasteiger partial charge < -0.3 is 5.32 Å². The van der Waals surface area contributed by atoms with E-state index in [4.69, 9.17) is 11.6 Å². The van der Waals surface area contributed by atoms with Crippen molar-refractivity contribution in [2.75, 3.05) is 12.4 Å².